The first-order valence-corrected chi connectivity index (χ1v) is 11.3. The second-order valence-corrected chi connectivity index (χ2v) is 9.37. The summed E-state index contributed by atoms with van der Waals surface area (Å²) in [6.07, 6.45) is 0. The molecule has 0 saturated carbocycles. The molecule has 2 aromatic carbocycles. The van der Waals surface area contributed by atoms with Crippen LogP contribution in [0.25, 0.3) is 27.8 Å². The fourth-order valence-electron chi connectivity index (χ4n) is 4.60. The van der Waals surface area contributed by atoms with E-state index >= 15 is 0 Å². The van der Waals surface area contributed by atoms with Gasteiger partial charge in [0.05, 0.1) is 23.4 Å². The van der Waals surface area contributed by atoms with Crippen LogP contribution < -0.4 is 4.90 Å². The van der Waals surface area contributed by atoms with E-state index in [0.29, 0.717) is 17.7 Å². The first-order valence-electron chi connectivity index (χ1n) is 11.3. The van der Waals surface area contributed by atoms with Crippen molar-refractivity contribution < 1.29 is 9.53 Å². The molecule has 0 amide bonds. The largest absolute Gasteiger partial charge is 0.461 e. The lowest BCUT2D eigenvalue weighted by atomic mass is 9.84. The average Bonchev–Trinajstić information content (AvgIpc) is 3.14. The Morgan fingerprint density at radius 2 is 1.73 bits per heavy atom. The lowest BCUT2D eigenvalue weighted by Gasteiger charge is -2.47. The molecular formula is C27H28N4O2. The highest BCUT2D eigenvalue weighted by molar-refractivity contribution is 6.00. The number of aromatic nitrogens is 3. The molecule has 0 bridgehead atoms. The Balaban J connectivity index is 1.64. The molecule has 0 radical (unpaired) electrons. The number of hydrogen-bond acceptors (Lipinski definition) is 5. The van der Waals surface area contributed by atoms with Crippen molar-refractivity contribution in [2.45, 2.75) is 27.7 Å². The number of aryl methyl sites for hydroxylation is 1. The van der Waals surface area contributed by atoms with Gasteiger partial charge in [-0.1, -0.05) is 44.2 Å². The Morgan fingerprint density at radius 1 is 1.03 bits per heavy atom. The number of hydrogen-bond donors (Lipinski definition) is 0. The van der Waals surface area contributed by atoms with Gasteiger partial charge >= 0.3 is 5.97 Å². The van der Waals surface area contributed by atoms with Crippen LogP contribution in [0, 0.1) is 12.3 Å². The van der Waals surface area contributed by atoms with Crippen molar-refractivity contribution in [3.63, 3.8) is 0 Å². The number of fused-ring (bicyclic) bond motifs is 1. The molecule has 1 fully saturated rings. The smallest absolute Gasteiger partial charge is 0.357 e. The van der Waals surface area contributed by atoms with Crippen LogP contribution in [-0.4, -0.2) is 40.4 Å². The first-order chi connectivity index (χ1) is 15.9. The van der Waals surface area contributed by atoms with Crippen molar-refractivity contribution in [3.05, 3.63) is 72.1 Å². The Kier molecular flexibility index (Phi) is 5.16. The van der Waals surface area contributed by atoms with E-state index in [1.54, 1.807) is 11.6 Å². The van der Waals surface area contributed by atoms with Gasteiger partial charge in [-0.15, -0.1) is 0 Å². The van der Waals surface area contributed by atoms with E-state index in [1.165, 1.54) is 5.69 Å². The number of carbonyl (C=O) groups excluding carboxylic acids is 1. The topological polar surface area (TPSA) is 60.2 Å². The Bertz CT molecular complexity index is 1320. The van der Waals surface area contributed by atoms with Crippen LogP contribution in [0.2, 0.25) is 0 Å². The Morgan fingerprint density at radius 3 is 2.36 bits per heavy atom. The van der Waals surface area contributed by atoms with Crippen molar-refractivity contribution in [2.24, 2.45) is 5.41 Å². The molecule has 6 nitrogen and oxygen atoms in total. The standard InChI is InChI=1S/C27H28N4O2/c1-5-33-26(32)23-15-22(19-11-13-20(14-12-19)30-16-27(3,4)17-30)24-18(2)29-31(25(24)28-23)21-9-7-6-8-10-21/h6-15H,5,16-17H2,1-4H3. The SMILES string of the molecule is CCOC(=O)c1cc(-c2ccc(N3CC(C)(C)C3)cc2)c2c(C)nn(-c3ccccc3)c2n1. The molecule has 2 aromatic heterocycles. The highest BCUT2D eigenvalue weighted by atomic mass is 16.5. The Hall–Kier alpha value is -3.67. The van der Waals surface area contributed by atoms with Crippen molar-refractivity contribution in [2.75, 3.05) is 24.6 Å². The van der Waals surface area contributed by atoms with E-state index in [1.807, 2.05) is 43.3 Å². The first kappa shape index (κ1) is 21.2. The zero-order valence-electron chi connectivity index (χ0n) is 19.5. The highest BCUT2D eigenvalue weighted by Crippen LogP contribution is 2.36. The second kappa shape index (κ2) is 8.03. The maximum atomic E-state index is 12.7. The monoisotopic (exact) mass is 440 g/mol. The number of nitrogens with zero attached hydrogens (tertiary/aromatic N) is 4. The van der Waals surface area contributed by atoms with E-state index in [2.05, 4.69) is 48.0 Å². The average molecular weight is 441 g/mol. The number of benzene rings is 2. The van der Waals surface area contributed by atoms with Gasteiger partial charge in [-0.3, -0.25) is 0 Å². The van der Waals surface area contributed by atoms with Crippen molar-refractivity contribution in [1.82, 2.24) is 14.8 Å². The van der Waals surface area contributed by atoms with Crippen molar-refractivity contribution >= 4 is 22.7 Å². The van der Waals surface area contributed by atoms with E-state index in [0.717, 1.165) is 41.0 Å². The van der Waals surface area contributed by atoms with Gasteiger partial charge in [0, 0.05) is 18.8 Å². The summed E-state index contributed by atoms with van der Waals surface area (Å²) in [6.45, 7) is 10.8. The second-order valence-electron chi connectivity index (χ2n) is 9.37. The summed E-state index contributed by atoms with van der Waals surface area (Å²) in [5, 5.41) is 5.71. The summed E-state index contributed by atoms with van der Waals surface area (Å²) in [4.78, 5) is 19.7. The summed E-state index contributed by atoms with van der Waals surface area (Å²) in [5.41, 5.74) is 6.22. The van der Waals surface area contributed by atoms with Gasteiger partial charge in [0.25, 0.3) is 0 Å². The van der Waals surface area contributed by atoms with Crippen molar-refractivity contribution in [3.8, 4) is 16.8 Å². The molecule has 6 heteroatoms. The number of anilines is 1. The van der Waals surface area contributed by atoms with Crippen LogP contribution in [0.4, 0.5) is 5.69 Å². The summed E-state index contributed by atoms with van der Waals surface area (Å²) >= 11 is 0. The lowest BCUT2D eigenvalue weighted by molar-refractivity contribution is 0.0520. The molecule has 0 N–H and O–H groups in total. The van der Waals surface area contributed by atoms with E-state index < -0.39 is 5.97 Å². The fraction of sp³-hybridized carbons (Fsp3) is 0.296. The van der Waals surface area contributed by atoms with E-state index in [9.17, 15) is 4.79 Å². The molecular weight excluding hydrogens is 412 g/mol. The summed E-state index contributed by atoms with van der Waals surface area (Å²) < 4.78 is 7.07. The van der Waals surface area contributed by atoms with Gasteiger partial charge in [0.2, 0.25) is 0 Å². The number of carbonyl (C=O) groups is 1. The Labute approximate surface area is 193 Å². The minimum atomic E-state index is -0.432. The maximum Gasteiger partial charge on any atom is 0.357 e. The van der Waals surface area contributed by atoms with Crippen LogP contribution in [0.1, 0.15) is 37.0 Å². The molecule has 0 spiro atoms. The van der Waals surface area contributed by atoms with Crippen LogP contribution in [0.5, 0.6) is 0 Å². The van der Waals surface area contributed by atoms with Gasteiger partial charge < -0.3 is 9.64 Å². The third kappa shape index (κ3) is 3.86. The van der Waals surface area contributed by atoms with Gasteiger partial charge in [0.1, 0.15) is 0 Å². The predicted molar refractivity (Wildman–Crippen MR) is 131 cm³/mol. The number of para-hydroxylation sites is 1. The number of esters is 1. The zero-order valence-corrected chi connectivity index (χ0v) is 19.5. The van der Waals surface area contributed by atoms with E-state index in [4.69, 9.17) is 9.84 Å². The molecule has 1 saturated heterocycles. The number of pyridine rings is 1. The third-order valence-corrected chi connectivity index (χ3v) is 6.08. The van der Waals surface area contributed by atoms with Crippen LogP contribution >= 0.6 is 0 Å². The molecule has 1 aliphatic heterocycles. The number of ether oxygens (including phenoxy) is 1. The number of rotatable bonds is 5. The van der Waals surface area contributed by atoms with Gasteiger partial charge in [-0.2, -0.15) is 5.10 Å². The predicted octanol–water partition coefficient (Wildman–Crippen LogP) is 5.42. The van der Waals surface area contributed by atoms with Crippen LogP contribution in [0.3, 0.4) is 0 Å². The quantitative estimate of drug-likeness (QED) is 0.388. The summed E-state index contributed by atoms with van der Waals surface area (Å²) in [5.74, 6) is -0.432. The molecule has 4 aromatic rings. The molecule has 168 valence electrons. The highest BCUT2D eigenvalue weighted by Gasteiger charge is 2.34. The van der Waals surface area contributed by atoms with Crippen LogP contribution in [0.15, 0.2) is 60.7 Å². The molecule has 33 heavy (non-hydrogen) atoms. The molecule has 0 atom stereocenters. The zero-order chi connectivity index (χ0) is 23.2. The van der Waals surface area contributed by atoms with Gasteiger partial charge in [-0.05, 0) is 60.7 Å². The van der Waals surface area contributed by atoms with Crippen LogP contribution in [-0.2, 0) is 4.74 Å². The van der Waals surface area contributed by atoms with Gasteiger partial charge in [0.15, 0.2) is 11.3 Å². The van der Waals surface area contributed by atoms with Crippen molar-refractivity contribution in [1.29, 1.82) is 0 Å². The maximum absolute atomic E-state index is 12.7. The fourth-order valence-corrected chi connectivity index (χ4v) is 4.60. The minimum Gasteiger partial charge on any atom is -0.461 e. The normalized spacial score (nSPS) is 14.8. The third-order valence-electron chi connectivity index (χ3n) is 6.08. The van der Waals surface area contributed by atoms with E-state index in [-0.39, 0.29) is 5.69 Å². The molecule has 1 aliphatic rings. The molecule has 5 rings (SSSR count). The van der Waals surface area contributed by atoms with Gasteiger partial charge in [-0.25, -0.2) is 14.5 Å². The minimum absolute atomic E-state index is 0.282. The summed E-state index contributed by atoms with van der Waals surface area (Å²) in [6, 6.07) is 20.2. The summed E-state index contributed by atoms with van der Waals surface area (Å²) in [7, 11) is 0. The molecule has 0 aliphatic carbocycles. The lowest BCUT2D eigenvalue weighted by Crippen LogP contribution is -2.53. The molecule has 3 heterocycles. The molecule has 0 unspecified atom stereocenters.